The number of anilines is 1. The second-order valence-corrected chi connectivity index (χ2v) is 5.78. The minimum absolute atomic E-state index is 0.0258. The molecule has 0 atom stereocenters. The lowest BCUT2D eigenvalue weighted by Crippen LogP contribution is -2.11. The number of aromatic carboxylic acids is 1. The molecule has 3 rings (SSSR count). The third-order valence-corrected chi connectivity index (χ3v) is 3.83. The standard InChI is InChI=1S/C19H14N2O6/c1-11-2-7-14(15(10-11)21(25)26)16-8-9-17(27-16)18(22)20-13-5-3-12(4-6-13)19(23)24/h2-10H,1H3,(H,20,22)(H,23,24). The van der Waals surface area contributed by atoms with Crippen LogP contribution in [0.3, 0.4) is 0 Å². The zero-order valence-corrected chi connectivity index (χ0v) is 14.1. The zero-order chi connectivity index (χ0) is 19.6. The number of carboxylic acids is 1. The number of furan rings is 1. The Labute approximate surface area is 153 Å². The van der Waals surface area contributed by atoms with E-state index in [1.807, 2.05) is 0 Å². The van der Waals surface area contributed by atoms with Gasteiger partial charge in [0.05, 0.1) is 16.1 Å². The highest BCUT2D eigenvalue weighted by Gasteiger charge is 2.20. The summed E-state index contributed by atoms with van der Waals surface area (Å²) >= 11 is 0. The Hall–Kier alpha value is -3.94. The van der Waals surface area contributed by atoms with Gasteiger partial charge in [-0.2, -0.15) is 0 Å². The molecule has 0 saturated carbocycles. The Morgan fingerprint density at radius 2 is 1.78 bits per heavy atom. The van der Waals surface area contributed by atoms with E-state index in [0.29, 0.717) is 5.69 Å². The number of nitrogens with zero attached hydrogens (tertiary/aromatic N) is 1. The molecule has 0 aliphatic heterocycles. The Kier molecular flexibility index (Phi) is 4.71. The van der Waals surface area contributed by atoms with Crippen LogP contribution in [0, 0.1) is 17.0 Å². The van der Waals surface area contributed by atoms with Crippen molar-refractivity contribution >= 4 is 23.3 Å². The number of hydrogen-bond acceptors (Lipinski definition) is 5. The van der Waals surface area contributed by atoms with Gasteiger partial charge in [0.2, 0.25) is 0 Å². The fraction of sp³-hybridized carbons (Fsp3) is 0.0526. The summed E-state index contributed by atoms with van der Waals surface area (Å²) in [7, 11) is 0. The van der Waals surface area contributed by atoms with Gasteiger partial charge in [0.15, 0.2) is 5.76 Å². The van der Waals surface area contributed by atoms with Crippen LogP contribution in [-0.2, 0) is 0 Å². The highest BCUT2D eigenvalue weighted by Crippen LogP contribution is 2.32. The quantitative estimate of drug-likeness (QED) is 0.517. The van der Waals surface area contributed by atoms with Crippen LogP contribution < -0.4 is 5.32 Å². The highest BCUT2D eigenvalue weighted by molar-refractivity contribution is 6.02. The number of aryl methyl sites for hydroxylation is 1. The molecular weight excluding hydrogens is 352 g/mol. The molecule has 8 heteroatoms. The highest BCUT2D eigenvalue weighted by atomic mass is 16.6. The molecule has 1 heterocycles. The van der Waals surface area contributed by atoms with Crippen LogP contribution in [0.4, 0.5) is 11.4 Å². The van der Waals surface area contributed by atoms with Crippen molar-refractivity contribution in [2.24, 2.45) is 0 Å². The van der Waals surface area contributed by atoms with Crippen molar-refractivity contribution in [2.75, 3.05) is 5.32 Å². The largest absolute Gasteiger partial charge is 0.478 e. The van der Waals surface area contributed by atoms with Gasteiger partial charge in [-0.3, -0.25) is 14.9 Å². The molecule has 1 aromatic heterocycles. The molecule has 1 amide bonds. The average molecular weight is 366 g/mol. The first-order valence-corrected chi connectivity index (χ1v) is 7.85. The van der Waals surface area contributed by atoms with Crippen LogP contribution in [0.15, 0.2) is 59.0 Å². The Bertz CT molecular complexity index is 1040. The maximum atomic E-state index is 12.3. The van der Waals surface area contributed by atoms with Crippen molar-refractivity contribution in [1.82, 2.24) is 0 Å². The predicted octanol–water partition coefficient (Wildman–Crippen LogP) is 4.11. The smallest absolute Gasteiger partial charge is 0.335 e. The average Bonchev–Trinajstić information content (AvgIpc) is 3.12. The van der Waals surface area contributed by atoms with Crippen LogP contribution in [-0.4, -0.2) is 21.9 Å². The van der Waals surface area contributed by atoms with Crippen LogP contribution in [0.2, 0.25) is 0 Å². The molecule has 3 aromatic rings. The zero-order valence-electron chi connectivity index (χ0n) is 14.1. The van der Waals surface area contributed by atoms with Crippen molar-refractivity contribution in [3.8, 4) is 11.3 Å². The van der Waals surface area contributed by atoms with Gasteiger partial charge in [0.25, 0.3) is 11.6 Å². The fourth-order valence-corrected chi connectivity index (χ4v) is 2.49. The molecule has 0 saturated heterocycles. The summed E-state index contributed by atoms with van der Waals surface area (Å²) < 4.78 is 5.49. The molecule has 0 spiro atoms. The number of nitrogens with one attached hydrogen (secondary N) is 1. The van der Waals surface area contributed by atoms with Crippen LogP contribution in [0.5, 0.6) is 0 Å². The molecule has 0 fully saturated rings. The molecule has 2 aromatic carbocycles. The van der Waals surface area contributed by atoms with Gasteiger partial charge in [0, 0.05) is 11.8 Å². The topological polar surface area (TPSA) is 123 Å². The summed E-state index contributed by atoms with van der Waals surface area (Å²) in [6, 6.07) is 13.3. The Balaban J connectivity index is 1.82. The van der Waals surface area contributed by atoms with Gasteiger partial charge in [-0.05, 0) is 55.0 Å². The number of hydrogen-bond donors (Lipinski definition) is 2. The SMILES string of the molecule is Cc1ccc(-c2ccc(C(=O)Nc3ccc(C(=O)O)cc3)o2)c([N+](=O)[O-])c1. The van der Waals surface area contributed by atoms with Crippen molar-refractivity contribution in [1.29, 1.82) is 0 Å². The number of nitro groups is 1. The van der Waals surface area contributed by atoms with E-state index in [1.54, 1.807) is 19.1 Å². The molecule has 2 N–H and O–H groups in total. The lowest BCUT2D eigenvalue weighted by Gasteiger charge is -2.04. The number of carbonyl (C=O) groups is 2. The van der Waals surface area contributed by atoms with E-state index in [-0.39, 0.29) is 28.3 Å². The van der Waals surface area contributed by atoms with E-state index in [0.717, 1.165) is 5.56 Å². The molecule has 0 unspecified atom stereocenters. The van der Waals surface area contributed by atoms with Crippen molar-refractivity contribution in [2.45, 2.75) is 6.92 Å². The van der Waals surface area contributed by atoms with Crippen molar-refractivity contribution in [3.05, 3.63) is 81.6 Å². The lowest BCUT2D eigenvalue weighted by atomic mass is 10.1. The molecule has 0 aliphatic rings. The number of amides is 1. The van der Waals surface area contributed by atoms with Gasteiger partial charge < -0.3 is 14.8 Å². The third kappa shape index (κ3) is 3.84. The van der Waals surface area contributed by atoms with Gasteiger partial charge in [-0.25, -0.2) is 4.79 Å². The maximum Gasteiger partial charge on any atom is 0.335 e. The molecule has 0 radical (unpaired) electrons. The molecule has 0 aliphatic carbocycles. The minimum Gasteiger partial charge on any atom is -0.478 e. The molecule has 27 heavy (non-hydrogen) atoms. The Morgan fingerprint density at radius 1 is 1.07 bits per heavy atom. The monoisotopic (exact) mass is 366 g/mol. The fourth-order valence-electron chi connectivity index (χ4n) is 2.49. The van der Waals surface area contributed by atoms with Crippen LogP contribution >= 0.6 is 0 Å². The van der Waals surface area contributed by atoms with Gasteiger partial charge >= 0.3 is 5.97 Å². The van der Waals surface area contributed by atoms with Crippen molar-refractivity contribution < 1.29 is 24.0 Å². The summed E-state index contributed by atoms with van der Waals surface area (Å²) in [6.45, 7) is 1.74. The number of carboxylic acid groups (broad SMARTS) is 1. The number of nitro benzene ring substituents is 1. The lowest BCUT2D eigenvalue weighted by molar-refractivity contribution is -0.384. The Morgan fingerprint density at radius 3 is 2.41 bits per heavy atom. The van der Waals surface area contributed by atoms with Gasteiger partial charge in [0.1, 0.15) is 5.76 Å². The summed E-state index contributed by atoms with van der Waals surface area (Å²) in [5, 5.41) is 22.7. The van der Waals surface area contributed by atoms with E-state index in [1.165, 1.54) is 42.5 Å². The van der Waals surface area contributed by atoms with E-state index in [9.17, 15) is 19.7 Å². The maximum absolute atomic E-state index is 12.3. The van der Waals surface area contributed by atoms with Gasteiger partial charge in [-0.1, -0.05) is 6.07 Å². The molecule has 0 bridgehead atoms. The second-order valence-electron chi connectivity index (χ2n) is 5.78. The number of rotatable bonds is 5. The second kappa shape index (κ2) is 7.12. The normalized spacial score (nSPS) is 10.4. The minimum atomic E-state index is -1.07. The third-order valence-electron chi connectivity index (χ3n) is 3.83. The van der Waals surface area contributed by atoms with Crippen molar-refractivity contribution in [3.63, 3.8) is 0 Å². The first-order valence-electron chi connectivity index (χ1n) is 7.85. The van der Waals surface area contributed by atoms with E-state index >= 15 is 0 Å². The van der Waals surface area contributed by atoms with Crippen LogP contribution in [0.25, 0.3) is 11.3 Å². The summed E-state index contributed by atoms with van der Waals surface area (Å²) in [5.74, 6) is -1.45. The van der Waals surface area contributed by atoms with E-state index in [2.05, 4.69) is 5.32 Å². The molecule has 136 valence electrons. The summed E-state index contributed by atoms with van der Waals surface area (Å²) in [4.78, 5) is 33.9. The van der Waals surface area contributed by atoms with Crippen LogP contribution in [0.1, 0.15) is 26.5 Å². The predicted molar refractivity (Wildman–Crippen MR) is 96.9 cm³/mol. The first-order chi connectivity index (χ1) is 12.8. The first kappa shape index (κ1) is 17.9. The van der Waals surface area contributed by atoms with E-state index in [4.69, 9.17) is 9.52 Å². The summed E-state index contributed by atoms with van der Waals surface area (Å²) in [6.07, 6.45) is 0. The van der Waals surface area contributed by atoms with E-state index < -0.39 is 16.8 Å². The number of carbonyl (C=O) groups excluding carboxylic acids is 1. The molecular formula is C19H14N2O6. The summed E-state index contributed by atoms with van der Waals surface area (Å²) in [5.41, 5.74) is 1.39. The molecule has 8 nitrogen and oxygen atoms in total. The van der Waals surface area contributed by atoms with Gasteiger partial charge in [-0.15, -0.1) is 0 Å². The number of benzene rings is 2.